The number of rotatable bonds is 2. The molecule has 0 spiro atoms. The van der Waals surface area contributed by atoms with Crippen LogP contribution in [0.2, 0.25) is 0 Å². The van der Waals surface area contributed by atoms with E-state index >= 15 is 0 Å². The average Bonchev–Trinajstić information content (AvgIpc) is 2.49. The smallest absolute Gasteiger partial charge is 0.0444 e. The molecule has 0 N–H and O–H groups in total. The number of nitrogens with zero attached hydrogens (tertiary/aromatic N) is 1. The van der Waals surface area contributed by atoms with Crippen LogP contribution in [0.1, 0.15) is 42.0 Å². The SMILES string of the molecule is CN1CCc2ccccc2C1C1(c2ccccc2)CCC1. The third-order valence-corrected chi connectivity index (χ3v) is 5.64. The lowest BCUT2D eigenvalue weighted by atomic mass is 9.57. The highest BCUT2D eigenvalue weighted by Gasteiger charge is 2.48. The Kier molecular flexibility index (Phi) is 3.11. The molecule has 0 radical (unpaired) electrons. The van der Waals surface area contributed by atoms with Crippen LogP contribution in [0.5, 0.6) is 0 Å². The number of hydrogen-bond acceptors (Lipinski definition) is 1. The molecule has 2 aromatic rings. The fourth-order valence-corrected chi connectivity index (χ4v) is 4.46. The Morgan fingerprint density at radius 1 is 0.952 bits per heavy atom. The van der Waals surface area contributed by atoms with Gasteiger partial charge in [0.2, 0.25) is 0 Å². The molecule has 0 amide bonds. The van der Waals surface area contributed by atoms with Gasteiger partial charge in [0.1, 0.15) is 0 Å². The second-order valence-corrected chi connectivity index (χ2v) is 6.71. The molecule has 1 atom stereocenters. The number of benzene rings is 2. The highest BCUT2D eigenvalue weighted by Crippen LogP contribution is 2.55. The second-order valence-electron chi connectivity index (χ2n) is 6.71. The Morgan fingerprint density at radius 2 is 1.67 bits per heavy atom. The predicted molar refractivity (Wildman–Crippen MR) is 87.5 cm³/mol. The topological polar surface area (TPSA) is 3.24 Å². The summed E-state index contributed by atoms with van der Waals surface area (Å²) in [6.07, 6.45) is 5.19. The van der Waals surface area contributed by atoms with Gasteiger partial charge in [-0.1, -0.05) is 61.0 Å². The van der Waals surface area contributed by atoms with Gasteiger partial charge < -0.3 is 0 Å². The molecule has 4 rings (SSSR count). The highest BCUT2D eigenvalue weighted by atomic mass is 15.1. The normalized spacial score (nSPS) is 24.1. The van der Waals surface area contributed by atoms with Crippen LogP contribution in [-0.2, 0) is 11.8 Å². The predicted octanol–water partition coefficient (Wildman–Crippen LogP) is 4.34. The van der Waals surface area contributed by atoms with Crippen molar-refractivity contribution in [1.29, 1.82) is 0 Å². The maximum Gasteiger partial charge on any atom is 0.0444 e. The summed E-state index contributed by atoms with van der Waals surface area (Å²) in [5, 5.41) is 0. The van der Waals surface area contributed by atoms with Crippen LogP contribution < -0.4 is 0 Å². The summed E-state index contributed by atoms with van der Waals surface area (Å²) in [7, 11) is 2.31. The Labute approximate surface area is 127 Å². The zero-order valence-corrected chi connectivity index (χ0v) is 12.8. The fourth-order valence-electron chi connectivity index (χ4n) is 4.46. The van der Waals surface area contributed by atoms with E-state index in [2.05, 4.69) is 66.5 Å². The molecule has 1 saturated carbocycles. The van der Waals surface area contributed by atoms with Crippen molar-refractivity contribution in [3.05, 3.63) is 71.3 Å². The van der Waals surface area contributed by atoms with Gasteiger partial charge in [-0.2, -0.15) is 0 Å². The highest BCUT2D eigenvalue weighted by molar-refractivity contribution is 5.40. The summed E-state index contributed by atoms with van der Waals surface area (Å²) < 4.78 is 0. The van der Waals surface area contributed by atoms with Gasteiger partial charge in [0.05, 0.1) is 0 Å². The van der Waals surface area contributed by atoms with E-state index in [1.165, 1.54) is 37.8 Å². The van der Waals surface area contributed by atoms with Crippen molar-refractivity contribution in [2.45, 2.75) is 37.1 Å². The Balaban J connectivity index is 1.84. The van der Waals surface area contributed by atoms with E-state index in [1.807, 2.05) is 0 Å². The molecule has 2 aliphatic rings. The first kappa shape index (κ1) is 13.1. The molecule has 0 bridgehead atoms. The molecule has 1 heteroatoms. The molecule has 2 aromatic carbocycles. The van der Waals surface area contributed by atoms with Crippen LogP contribution in [-0.4, -0.2) is 18.5 Å². The van der Waals surface area contributed by atoms with Gasteiger partial charge in [-0.05, 0) is 43.0 Å². The van der Waals surface area contributed by atoms with E-state index < -0.39 is 0 Å². The van der Waals surface area contributed by atoms with Crippen molar-refractivity contribution >= 4 is 0 Å². The Bertz CT molecular complexity index is 627. The van der Waals surface area contributed by atoms with E-state index in [4.69, 9.17) is 0 Å². The first-order valence-electron chi connectivity index (χ1n) is 8.15. The Morgan fingerprint density at radius 3 is 2.38 bits per heavy atom. The minimum atomic E-state index is 0.326. The van der Waals surface area contributed by atoms with E-state index in [1.54, 1.807) is 11.1 Å². The summed E-state index contributed by atoms with van der Waals surface area (Å²) in [4.78, 5) is 2.59. The summed E-state index contributed by atoms with van der Waals surface area (Å²) >= 11 is 0. The largest absolute Gasteiger partial charge is 0.298 e. The summed E-state index contributed by atoms with van der Waals surface area (Å²) in [5.74, 6) is 0. The van der Waals surface area contributed by atoms with E-state index in [-0.39, 0.29) is 0 Å². The lowest BCUT2D eigenvalue weighted by molar-refractivity contribution is 0.0718. The average molecular weight is 277 g/mol. The molecule has 1 aliphatic carbocycles. The van der Waals surface area contributed by atoms with Gasteiger partial charge in [-0.25, -0.2) is 0 Å². The standard InChI is InChI=1S/C20H23N/c1-21-15-12-16-8-5-6-11-18(16)19(21)20(13-7-14-20)17-9-3-2-4-10-17/h2-6,8-11,19H,7,12-15H2,1H3. The molecule has 1 nitrogen and oxygen atoms in total. The number of hydrogen-bond donors (Lipinski definition) is 0. The third kappa shape index (κ3) is 1.95. The second kappa shape index (κ2) is 4.99. The van der Waals surface area contributed by atoms with Crippen LogP contribution in [0.4, 0.5) is 0 Å². The van der Waals surface area contributed by atoms with Gasteiger partial charge in [0, 0.05) is 18.0 Å². The summed E-state index contributed by atoms with van der Waals surface area (Å²) in [5.41, 5.74) is 4.98. The quantitative estimate of drug-likeness (QED) is 0.789. The molecule has 21 heavy (non-hydrogen) atoms. The molecular weight excluding hydrogens is 254 g/mol. The molecule has 0 aromatic heterocycles. The molecular formula is C20H23N. The summed E-state index contributed by atoms with van der Waals surface area (Å²) in [6, 6.07) is 20.8. The van der Waals surface area contributed by atoms with Crippen LogP contribution in [0.25, 0.3) is 0 Å². The van der Waals surface area contributed by atoms with Crippen LogP contribution in [0.3, 0.4) is 0 Å². The molecule has 1 heterocycles. The number of likely N-dealkylation sites (N-methyl/N-ethyl adjacent to an activating group) is 1. The lowest BCUT2D eigenvalue weighted by Crippen LogP contribution is -2.49. The van der Waals surface area contributed by atoms with E-state index in [9.17, 15) is 0 Å². The van der Waals surface area contributed by atoms with Crippen molar-refractivity contribution in [1.82, 2.24) is 4.90 Å². The van der Waals surface area contributed by atoms with Gasteiger partial charge in [0.25, 0.3) is 0 Å². The zero-order chi connectivity index (χ0) is 14.3. The molecule has 1 unspecified atom stereocenters. The minimum absolute atomic E-state index is 0.326. The molecule has 1 aliphatic heterocycles. The lowest BCUT2D eigenvalue weighted by Gasteiger charge is -2.53. The monoisotopic (exact) mass is 277 g/mol. The van der Waals surface area contributed by atoms with Gasteiger partial charge >= 0.3 is 0 Å². The van der Waals surface area contributed by atoms with E-state index in [0.717, 1.165) is 0 Å². The fraction of sp³-hybridized carbons (Fsp3) is 0.400. The maximum absolute atomic E-state index is 2.59. The van der Waals surface area contributed by atoms with Crippen LogP contribution in [0.15, 0.2) is 54.6 Å². The van der Waals surface area contributed by atoms with Crippen molar-refractivity contribution in [3.8, 4) is 0 Å². The van der Waals surface area contributed by atoms with Gasteiger partial charge in [0.15, 0.2) is 0 Å². The third-order valence-electron chi connectivity index (χ3n) is 5.64. The molecule has 1 fully saturated rings. The van der Waals surface area contributed by atoms with Crippen LogP contribution in [0, 0.1) is 0 Å². The van der Waals surface area contributed by atoms with Crippen molar-refractivity contribution < 1.29 is 0 Å². The zero-order valence-electron chi connectivity index (χ0n) is 12.8. The van der Waals surface area contributed by atoms with Crippen molar-refractivity contribution in [2.75, 3.05) is 13.6 Å². The Hall–Kier alpha value is -1.60. The number of fused-ring (bicyclic) bond motifs is 1. The van der Waals surface area contributed by atoms with Crippen molar-refractivity contribution in [2.24, 2.45) is 0 Å². The maximum atomic E-state index is 2.59. The molecule has 108 valence electrons. The molecule has 0 saturated heterocycles. The van der Waals surface area contributed by atoms with Crippen LogP contribution >= 0.6 is 0 Å². The van der Waals surface area contributed by atoms with Gasteiger partial charge in [-0.15, -0.1) is 0 Å². The minimum Gasteiger partial charge on any atom is -0.298 e. The first-order chi connectivity index (χ1) is 10.3. The first-order valence-corrected chi connectivity index (χ1v) is 8.15. The van der Waals surface area contributed by atoms with Gasteiger partial charge in [-0.3, -0.25) is 4.90 Å². The van der Waals surface area contributed by atoms with E-state index in [0.29, 0.717) is 11.5 Å². The van der Waals surface area contributed by atoms with Crippen molar-refractivity contribution in [3.63, 3.8) is 0 Å². The summed E-state index contributed by atoms with van der Waals surface area (Å²) in [6.45, 7) is 1.18.